The Morgan fingerprint density at radius 3 is 2.41 bits per heavy atom. The Balaban J connectivity index is 2.22. The van der Waals surface area contributed by atoms with E-state index in [0.29, 0.717) is 16.3 Å². The molecule has 1 atom stereocenters. The minimum Gasteiger partial charge on any atom is -0.447 e. The molecule has 0 unspecified atom stereocenters. The summed E-state index contributed by atoms with van der Waals surface area (Å²) in [5.41, 5.74) is 2.07. The van der Waals surface area contributed by atoms with Crippen LogP contribution in [0.4, 0.5) is 5.69 Å². The molecule has 2 aromatic carbocycles. The maximum absolute atomic E-state index is 12.4. The molecule has 0 saturated heterocycles. The fraction of sp³-hybridized carbons (Fsp3) is 0.176. The standard InChI is InChI=1S/C17H16ClNO3/c1-11-8-9-14(10-15(11)18)19-17(21)16(22-12(2)20)13-6-4-3-5-7-13/h3-10,16H,1-2H3,(H,19,21)/t16-/m0/s1. The second-order valence-corrected chi connectivity index (χ2v) is 5.26. The zero-order valence-electron chi connectivity index (χ0n) is 12.3. The first-order chi connectivity index (χ1) is 10.5. The largest absolute Gasteiger partial charge is 0.447 e. The number of carbonyl (C=O) groups excluding carboxylic acids is 2. The van der Waals surface area contributed by atoms with Crippen LogP contribution in [0.25, 0.3) is 0 Å². The van der Waals surface area contributed by atoms with Gasteiger partial charge in [-0.1, -0.05) is 48.0 Å². The first kappa shape index (κ1) is 16.0. The molecule has 0 aliphatic heterocycles. The van der Waals surface area contributed by atoms with E-state index in [0.717, 1.165) is 5.56 Å². The smallest absolute Gasteiger partial charge is 0.303 e. The van der Waals surface area contributed by atoms with Gasteiger partial charge in [0.25, 0.3) is 5.91 Å². The molecule has 0 fully saturated rings. The lowest BCUT2D eigenvalue weighted by molar-refractivity contribution is -0.152. The first-order valence-corrected chi connectivity index (χ1v) is 7.14. The Labute approximate surface area is 134 Å². The number of aryl methyl sites for hydroxylation is 1. The fourth-order valence-electron chi connectivity index (χ4n) is 1.95. The number of carbonyl (C=O) groups is 2. The van der Waals surface area contributed by atoms with Crippen LogP contribution >= 0.6 is 11.6 Å². The predicted molar refractivity (Wildman–Crippen MR) is 85.8 cm³/mol. The van der Waals surface area contributed by atoms with E-state index >= 15 is 0 Å². The van der Waals surface area contributed by atoms with Crippen molar-refractivity contribution >= 4 is 29.2 Å². The number of halogens is 1. The maximum Gasteiger partial charge on any atom is 0.303 e. The van der Waals surface area contributed by atoms with Crippen LogP contribution in [0.3, 0.4) is 0 Å². The van der Waals surface area contributed by atoms with Gasteiger partial charge < -0.3 is 10.1 Å². The molecule has 0 saturated carbocycles. The lowest BCUT2D eigenvalue weighted by atomic mass is 10.1. The summed E-state index contributed by atoms with van der Waals surface area (Å²) in [6, 6.07) is 14.1. The zero-order valence-corrected chi connectivity index (χ0v) is 13.1. The van der Waals surface area contributed by atoms with Crippen molar-refractivity contribution in [3.63, 3.8) is 0 Å². The van der Waals surface area contributed by atoms with Gasteiger partial charge in [0.2, 0.25) is 6.10 Å². The van der Waals surface area contributed by atoms with Crippen molar-refractivity contribution < 1.29 is 14.3 Å². The molecule has 0 aliphatic rings. The highest BCUT2D eigenvalue weighted by Crippen LogP contribution is 2.23. The van der Waals surface area contributed by atoms with Gasteiger partial charge in [-0.2, -0.15) is 0 Å². The van der Waals surface area contributed by atoms with Gasteiger partial charge in [-0.15, -0.1) is 0 Å². The number of amides is 1. The van der Waals surface area contributed by atoms with Crippen molar-refractivity contribution in [3.8, 4) is 0 Å². The predicted octanol–water partition coefficient (Wildman–Crippen LogP) is 3.89. The third kappa shape index (κ3) is 4.09. The van der Waals surface area contributed by atoms with Crippen molar-refractivity contribution in [2.75, 3.05) is 5.32 Å². The molecule has 2 rings (SSSR count). The molecule has 0 aromatic heterocycles. The molecule has 5 heteroatoms. The molecule has 1 N–H and O–H groups in total. The molecule has 4 nitrogen and oxygen atoms in total. The summed E-state index contributed by atoms with van der Waals surface area (Å²) in [6.45, 7) is 3.14. The number of hydrogen-bond acceptors (Lipinski definition) is 3. The van der Waals surface area contributed by atoms with Crippen LogP contribution in [0.2, 0.25) is 5.02 Å². The van der Waals surface area contributed by atoms with Crippen LogP contribution in [0.5, 0.6) is 0 Å². The van der Waals surface area contributed by atoms with Gasteiger partial charge >= 0.3 is 5.97 Å². The lowest BCUT2D eigenvalue weighted by Gasteiger charge is -2.17. The molecule has 0 radical (unpaired) electrons. The molecule has 2 aromatic rings. The Morgan fingerprint density at radius 2 is 1.82 bits per heavy atom. The summed E-state index contributed by atoms with van der Waals surface area (Å²) in [5.74, 6) is -0.952. The van der Waals surface area contributed by atoms with Gasteiger partial charge in [-0.3, -0.25) is 9.59 Å². The van der Waals surface area contributed by atoms with E-state index < -0.39 is 18.0 Å². The number of hydrogen-bond donors (Lipinski definition) is 1. The minimum absolute atomic E-state index is 0.429. The van der Waals surface area contributed by atoms with Gasteiger partial charge in [0.05, 0.1) is 0 Å². The third-order valence-corrected chi connectivity index (χ3v) is 3.47. The Hall–Kier alpha value is -2.33. The summed E-state index contributed by atoms with van der Waals surface area (Å²) >= 11 is 6.04. The Morgan fingerprint density at radius 1 is 1.14 bits per heavy atom. The number of ether oxygens (including phenoxy) is 1. The first-order valence-electron chi connectivity index (χ1n) is 6.76. The summed E-state index contributed by atoms with van der Waals surface area (Å²) in [4.78, 5) is 23.7. The van der Waals surface area contributed by atoms with Crippen molar-refractivity contribution in [1.29, 1.82) is 0 Å². The Kier molecular flexibility index (Phi) is 5.17. The number of esters is 1. The SMILES string of the molecule is CC(=O)O[C@H](C(=O)Nc1ccc(C)c(Cl)c1)c1ccccc1. The average Bonchev–Trinajstić information content (AvgIpc) is 2.49. The van der Waals surface area contributed by atoms with Crippen LogP contribution in [-0.4, -0.2) is 11.9 Å². The summed E-state index contributed by atoms with van der Waals surface area (Å²) in [5, 5.41) is 3.27. The molecular weight excluding hydrogens is 302 g/mol. The van der Waals surface area contributed by atoms with E-state index in [4.69, 9.17) is 16.3 Å². The number of benzene rings is 2. The van der Waals surface area contributed by atoms with Crippen molar-refractivity contribution in [3.05, 3.63) is 64.7 Å². The monoisotopic (exact) mass is 317 g/mol. The molecule has 0 bridgehead atoms. The topological polar surface area (TPSA) is 55.4 Å². The number of nitrogens with one attached hydrogen (secondary N) is 1. The second-order valence-electron chi connectivity index (χ2n) is 4.85. The summed E-state index contributed by atoms with van der Waals surface area (Å²) < 4.78 is 5.14. The van der Waals surface area contributed by atoms with Gasteiger partial charge in [0, 0.05) is 23.2 Å². The van der Waals surface area contributed by atoms with Gasteiger partial charge in [0.1, 0.15) is 0 Å². The normalized spacial score (nSPS) is 11.6. The van der Waals surface area contributed by atoms with Crippen LogP contribution in [0.1, 0.15) is 24.2 Å². The van der Waals surface area contributed by atoms with Crippen LogP contribution in [0.15, 0.2) is 48.5 Å². The molecular formula is C17H16ClNO3. The van der Waals surface area contributed by atoms with Gasteiger partial charge in [-0.25, -0.2) is 0 Å². The molecule has 0 heterocycles. The van der Waals surface area contributed by atoms with Crippen molar-refractivity contribution in [2.24, 2.45) is 0 Å². The minimum atomic E-state index is -1.00. The number of anilines is 1. The zero-order chi connectivity index (χ0) is 16.1. The molecule has 22 heavy (non-hydrogen) atoms. The highest BCUT2D eigenvalue weighted by Gasteiger charge is 2.23. The molecule has 1 amide bonds. The average molecular weight is 318 g/mol. The second kappa shape index (κ2) is 7.09. The van der Waals surface area contributed by atoms with Crippen molar-refractivity contribution in [1.82, 2.24) is 0 Å². The van der Waals surface area contributed by atoms with Crippen LogP contribution < -0.4 is 5.32 Å². The van der Waals surface area contributed by atoms with E-state index in [9.17, 15) is 9.59 Å². The quantitative estimate of drug-likeness (QED) is 0.870. The van der Waals surface area contributed by atoms with E-state index in [1.165, 1.54) is 6.92 Å². The maximum atomic E-state index is 12.4. The summed E-state index contributed by atoms with van der Waals surface area (Å²) in [6.07, 6.45) is -1.00. The molecule has 114 valence electrons. The molecule has 0 spiro atoms. The fourth-order valence-corrected chi connectivity index (χ4v) is 2.13. The van der Waals surface area contributed by atoms with Crippen molar-refractivity contribution in [2.45, 2.75) is 20.0 Å². The van der Waals surface area contributed by atoms with E-state index in [1.807, 2.05) is 13.0 Å². The van der Waals surface area contributed by atoms with Gasteiger partial charge in [-0.05, 0) is 24.6 Å². The van der Waals surface area contributed by atoms with Crippen LogP contribution in [0, 0.1) is 6.92 Å². The number of rotatable bonds is 4. The third-order valence-electron chi connectivity index (χ3n) is 3.06. The van der Waals surface area contributed by atoms with Crippen LogP contribution in [-0.2, 0) is 14.3 Å². The van der Waals surface area contributed by atoms with Gasteiger partial charge in [0.15, 0.2) is 0 Å². The Bertz CT molecular complexity index is 686. The highest BCUT2D eigenvalue weighted by atomic mass is 35.5. The van der Waals surface area contributed by atoms with E-state index in [1.54, 1.807) is 42.5 Å². The molecule has 0 aliphatic carbocycles. The lowest BCUT2D eigenvalue weighted by Crippen LogP contribution is -2.25. The summed E-state index contributed by atoms with van der Waals surface area (Å²) in [7, 11) is 0. The highest BCUT2D eigenvalue weighted by molar-refractivity contribution is 6.31. The van der Waals surface area contributed by atoms with E-state index in [2.05, 4.69) is 5.32 Å². The van der Waals surface area contributed by atoms with E-state index in [-0.39, 0.29) is 0 Å².